The predicted molar refractivity (Wildman–Crippen MR) is 134 cm³/mol. The molecule has 0 fully saturated rings. The largest absolute Gasteiger partial charge is 0.383 e. The van der Waals surface area contributed by atoms with E-state index in [2.05, 4.69) is 10.3 Å². The second kappa shape index (κ2) is 12.0. The van der Waals surface area contributed by atoms with Crippen LogP contribution < -0.4 is 5.32 Å². The number of ether oxygens (including phenoxy) is 1. The van der Waals surface area contributed by atoms with Gasteiger partial charge in [0.2, 0.25) is 15.0 Å². The third-order valence-corrected chi connectivity index (χ3v) is 7.18. The Hall–Kier alpha value is -2.82. The van der Waals surface area contributed by atoms with Gasteiger partial charge in [-0.2, -0.15) is 0 Å². The highest BCUT2D eigenvalue weighted by Crippen LogP contribution is 2.21. The highest BCUT2D eigenvalue weighted by Gasteiger charge is 2.26. The van der Waals surface area contributed by atoms with Crippen LogP contribution in [0.2, 0.25) is 0 Å². The third kappa shape index (κ3) is 6.62. The van der Waals surface area contributed by atoms with Crippen LogP contribution in [0.3, 0.4) is 0 Å². The normalized spacial score (nSPS) is 11.4. The van der Waals surface area contributed by atoms with Gasteiger partial charge in [-0.3, -0.25) is 0 Å². The molecule has 0 aliphatic carbocycles. The number of imidazole rings is 1. The summed E-state index contributed by atoms with van der Waals surface area (Å²) in [6, 6.07) is 15.4. The fraction of sp³-hybridized carbons (Fsp3) is 0.333. The summed E-state index contributed by atoms with van der Waals surface area (Å²) in [5, 5.41) is 3.58. The zero-order valence-corrected chi connectivity index (χ0v) is 20.9. The molecule has 0 saturated heterocycles. The SMILES string of the molecule is CCNC(=S)N(CCOC)Cc1cnc(S(=O)(=O)Cc2ccccc2F)n1Cc1ccccc1. The summed E-state index contributed by atoms with van der Waals surface area (Å²) in [5.41, 5.74) is 1.70. The molecule has 0 aliphatic heterocycles. The molecule has 7 nitrogen and oxygen atoms in total. The van der Waals surface area contributed by atoms with E-state index in [1.165, 1.54) is 18.2 Å². The number of sulfone groups is 1. The average Bonchev–Trinajstić information content (AvgIpc) is 3.21. The van der Waals surface area contributed by atoms with Gasteiger partial charge in [-0.05, 0) is 30.8 Å². The maximum Gasteiger partial charge on any atom is 0.228 e. The highest BCUT2D eigenvalue weighted by molar-refractivity contribution is 7.90. The fourth-order valence-electron chi connectivity index (χ4n) is 3.50. The number of thiocarbonyl (C=S) groups is 1. The van der Waals surface area contributed by atoms with Crippen LogP contribution in [-0.4, -0.2) is 54.8 Å². The summed E-state index contributed by atoms with van der Waals surface area (Å²) in [6.07, 6.45) is 1.55. The van der Waals surface area contributed by atoms with E-state index in [0.717, 1.165) is 5.56 Å². The number of halogens is 1. The van der Waals surface area contributed by atoms with Gasteiger partial charge in [0.15, 0.2) is 5.11 Å². The van der Waals surface area contributed by atoms with Crippen molar-refractivity contribution in [3.63, 3.8) is 0 Å². The molecule has 1 aromatic heterocycles. The van der Waals surface area contributed by atoms with Gasteiger partial charge in [0.1, 0.15) is 5.82 Å². The topological polar surface area (TPSA) is 76.5 Å². The number of methoxy groups -OCH3 is 1. The van der Waals surface area contributed by atoms with Crippen molar-refractivity contribution >= 4 is 27.2 Å². The minimum atomic E-state index is -3.93. The Morgan fingerprint density at radius 2 is 1.88 bits per heavy atom. The molecule has 10 heteroatoms. The maximum atomic E-state index is 14.2. The van der Waals surface area contributed by atoms with Crippen LogP contribution in [0.5, 0.6) is 0 Å². The first-order valence-electron chi connectivity index (χ1n) is 10.9. The molecule has 1 heterocycles. The van der Waals surface area contributed by atoms with E-state index < -0.39 is 21.4 Å². The van der Waals surface area contributed by atoms with Gasteiger partial charge in [-0.25, -0.2) is 17.8 Å². The molecule has 2 aromatic carbocycles. The van der Waals surface area contributed by atoms with Gasteiger partial charge in [-0.1, -0.05) is 48.5 Å². The van der Waals surface area contributed by atoms with E-state index in [9.17, 15) is 12.8 Å². The molecule has 3 rings (SSSR count). The number of rotatable bonds is 11. The van der Waals surface area contributed by atoms with E-state index in [4.69, 9.17) is 17.0 Å². The van der Waals surface area contributed by atoms with Crippen molar-refractivity contribution in [3.05, 3.63) is 83.4 Å². The van der Waals surface area contributed by atoms with E-state index in [-0.39, 0.29) is 10.7 Å². The van der Waals surface area contributed by atoms with E-state index in [1.54, 1.807) is 23.9 Å². The smallest absolute Gasteiger partial charge is 0.228 e. The first kappa shape index (κ1) is 25.8. The van der Waals surface area contributed by atoms with E-state index in [0.29, 0.717) is 43.6 Å². The summed E-state index contributed by atoms with van der Waals surface area (Å²) in [5.74, 6) is -1.04. The van der Waals surface area contributed by atoms with Crippen LogP contribution in [0.25, 0.3) is 0 Å². The molecular weight excluding hydrogens is 475 g/mol. The third-order valence-electron chi connectivity index (χ3n) is 5.20. The lowest BCUT2D eigenvalue weighted by Gasteiger charge is -2.26. The first-order chi connectivity index (χ1) is 16.4. The lowest BCUT2D eigenvalue weighted by molar-refractivity contribution is 0.173. The Bertz CT molecular complexity index is 1200. The van der Waals surface area contributed by atoms with Crippen LogP contribution in [0, 0.1) is 5.82 Å². The van der Waals surface area contributed by atoms with Crippen LogP contribution in [0.4, 0.5) is 4.39 Å². The van der Waals surface area contributed by atoms with E-state index in [1.807, 2.05) is 42.2 Å². The summed E-state index contributed by atoms with van der Waals surface area (Å²) in [4.78, 5) is 6.19. The molecule has 182 valence electrons. The summed E-state index contributed by atoms with van der Waals surface area (Å²) < 4.78 is 47.8. The van der Waals surface area contributed by atoms with E-state index >= 15 is 0 Å². The molecule has 3 aromatic rings. The van der Waals surface area contributed by atoms with Crippen molar-refractivity contribution in [1.29, 1.82) is 0 Å². The van der Waals surface area contributed by atoms with Gasteiger partial charge in [0.25, 0.3) is 0 Å². The van der Waals surface area contributed by atoms with Gasteiger partial charge >= 0.3 is 0 Å². The highest BCUT2D eigenvalue weighted by atomic mass is 32.2. The summed E-state index contributed by atoms with van der Waals surface area (Å²) in [7, 11) is -2.32. The minimum absolute atomic E-state index is 0.101. The van der Waals surface area contributed by atoms with Crippen LogP contribution in [-0.2, 0) is 33.4 Å². The number of nitrogens with one attached hydrogen (secondary N) is 1. The van der Waals surface area contributed by atoms with Crippen LogP contribution >= 0.6 is 12.2 Å². The van der Waals surface area contributed by atoms with Gasteiger partial charge in [0.05, 0.1) is 37.3 Å². The molecule has 0 radical (unpaired) electrons. The number of aromatic nitrogens is 2. The standard InChI is InChI=1S/C24H29FN4O3S2/c1-3-26-23(33)28(13-14-32-2)17-21-15-27-24(29(21)16-19-9-5-4-6-10-19)34(30,31)18-20-11-7-8-12-22(20)25/h4-12,15H,3,13-14,16-18H2,1-2H3,(H,26,33). The molecule has 34 heavy (non-hydrogen) atoms. The summed E-state index contributed by atoms with van der Waals surface area (Å²) in [6.45, 7) is 4.23. The molecular formula is C24H29FN4O3S2. The number of nitrogens with zero attached hydrogens (tertiary/aromatic N) is 3. The fourth-order valence-corrected chi connectivity index (χ4v) is 5.30. The molecule has 0 spiro atoms. The Labute approximate surface area is 205 Å². The zero-order chi connectivity index (χ0) is 24.6. The Balaban J connectivity index is 2.00. The van der Waals surface area contributed by atoms with Crippen molar-refractivity contribution in [2.75, 3.05) is 26.8 Å². The molecule has 0 unspecified atom stereocenters. The maximum absolute atomic E-state index is 14.2. The Morgan fingerprint density at radius 3 is 2.56 bits per heavy atom. The Kier molecular flexibility index (Phi) is 9.14. The molecule has 1 N–H and O–H groups in total. The van der Waals surface area contributed by atoms with Gasteiger partial charge in [-0.15, -0.1) is 0 Å². The van der Waals surface area contributed by atoms with Gasteiger partial charge < -0.3 is 19.5 Å². The lowest BCUT2D eigenvalue weighted by atomic mass is 10.2. The van der Waals surface area contributed by atoms with Crippen molar-refractivity contribution in [1.82, 2.24) is 19.8 Å². The Morgan fingerprint density at radius 1 is 1.18 bits per heavy atom. The van der Waals surface area contributed by atoms with Crippen LogP contribution in [0.1, 0.15) is 23.7 Å². The quantitative estimate of drug-likeness (QED) is 0.401. The van der Waals surface area contributed by atoms with Crippen molar-refractivity contribution in [2.45, 2.75) is 30.9 Å². The molecule has 0 atom stereocenters. The van der Waals surface area contributed by atoms with Gasteiger partial charge in [0, 0.05) is 25.8 Å². The predicted octanol–water partition coefficient (Wildman–Crippen LogP) is 3.39. The number of hydrogen-bond donors (Lipinski definition) is 1. The first-order valence-corrected chi connectivity index (χ1v) is 13.0. The number of hydrogen-bond acceptors (Lipinski definition) is 5. The lowest BCUT2D eigenvalue weighted by Crippen LogP contribution is -2.41. The molecule has 0 saturated carbocycles. The molecule has 0 bridgehead atoms. The van der Waals surface area contributed by atoms with Crippen molar-refractivity contribution in [2.24, 2.45) is 0 Å². The molecule has 0 aliphatic rings. The zero-order valence-electron chi connectivity index (χ0n) is 19.3. The average molecular weight is 505 g/mol. The monoisotopic (exact) mass is 504 g/mol. The minimum Gasteiger partial charge on any atom is -0.383 e. The summed E-state index contributed by atoms with van der Waals surface area (Å²) >= 11 is 5.51. The number of benzene rings is 2. The second-order valence-corrected chi connectivity index (χ2v) is 9.97. The second-order valence-electron chi connectivity index (χ2n) is 7.70. The molecule has 0 amide bonds. The van der Waals surface area contributed by atoms with Crippen LogP contribution in [0.15, 0.2) is 66.0 Å². The van der Waals surface area contributed by atoms with Crippen molar-refractivity contribution < 1.29 is 17.5 Å². The van der Waals surface area contributed by atoms with Crippen molar-refractivity contribution in [3.8, 4) is 0 Å².